The van der Waals surface area contributed by atoms with E-state index in [1.165, 1.54) is 12.0 Å². The molecule has 3 N–H and O–H groups in total. The van der Waals surface area contributed by atoms with Crippen molar-refractivity contribution in [2.75, 3.05) is 20.2 Å². The molecule has 0 unspecified atom stereocenters. The van der Waals surface area contributed by atoms with Crippen LogP contribution in [0.5, 0.6) is 0 Å². The van der Waals surface area contributed by atoms with Gasteiger partial charge in [0, 0.05) is 19.7 Å². The summed E-state index contributed by atoms with van der Waals surface area (Å²) < 4.78 is 9.81. The van der Waals surface area contributed by atoms with Crippen molar-refractivity contribution >= 4 is 11.9 Å². The van der Waals surface area contributed by atoms with Crippen molar-refractivity contribution in [1.82, 2.24) is 10.1 Å². The van der Waals surface area contributed by atoms with Crippen molar-refractivity contribution in [1.29, 1.82) is 0 Å². The van der Waals surface area contributed by atoms with Gasteiger partial charge in [0.05, 0.1) is 18.8 Å². The van der Waals surface area contributed by atoms with Crippen LogP contribution in [-0.4, -0.2) is 47.2 Å². The van der Waals surface area contributed by atoms with E-state index >= 15 is 0 Å². The van der Waals surface area contributed by atoms with E-state index in [-0.39, 0.29) is 26.2 Å². The Balaban J connectivity index is 2.62. The first-order valence-electron chi connectivity index (χ1n) is 5.17. The van der Waals surface area contributed by atoms with E-state index < -0.39 is 11.9 Å². The van der Waals surface area contributed by atoms with Gasteiger partial charge in [0.25, 0.3) is 0 Å². The highest BCUT2D eigenvalue weighted by Crippen LogP contribution is 2.07. The van der Waals surface area contributed by atoms with Gasteiger partial charge >= 0.3 is 5.97 Å². The van der Waals surface area contributed by atoms with Crippen LogP contribution >= 0.6 is 0 Å². The molecule has 0 aliphatic heterocycles. The second-order valence-electron chi connectivity index (χ2n) is 3.72. The third-order valence-corrected chi connectivity index (χ3v) is 2.02. The molecular weight excluding hydrogens is 242 g/mol. The maximum absolute atomic E-state index is 10.8. The van der Waals surface area contributed by atoms with Gasteiger partial charge in [0.2, 0.25) is 5.91 Å². The molecule has 1 aromatic heterocycles. The number of nitrogens with two attached hydrogens (primary N) is 1. The van der Waals surface area contributed by atoms with Gasteiger partial charge in [-0.15, -0.1) is 0 Å². The molecule has 1 heterocycles. The zero-order valence-corrected chi connectivity index (χ0v) is 9.96. The number of aliphatic carboxylic acids is 1. The minimum absolute atomic E-state index is 0.154. The number of ether oxygens (including phenoxy) is 1. The van der Waals surface area contributed by atoms with E-state index in [9.17, 15) is 9.59 Å². The van der Waals surface area contributed by atoms with Crippen molar-refractivity contribution in [3.8, 4) is 0 Å². The Kier molecular flexibility index (Phi) is 5.28. The van der Waals surface area contributed by atoms with E-state index in [0.29, 0.717) is 11.5 Å². The lowest BCUT2D eigenvalue weighted by molar-refractivity contribution is -0.138. The van der Waals surface area contributed by atoms with E-state index in [1.54, 1.807) is 6.07 Å². The summed E-state index contributed by atoms with van der Waals surface area (Å²) in [6.07, 6.45) is 0. The van der Waals surface area contributed by atoms with E-state index in [0.717, 1.165) is 0 Å². The van der Waals surface area contributed by atoms with Crippen molar-refractivity contribution in [2.24, 2.45) is 5.73 Å². The van der Waals surface area contributed by atoms with Gasteiger partial charge in [0.1, 0.15) is 6.61 Å². The lowest BCUT2D eigenvalue weighted by atomic mass is 10.3. The Bertz CT molecular complexity index is 401. The third kappa shape index (κ3) is 4.93. The first kappa shape index (κ1) is 14.1. The second-order valence-corrected chi connectivity index (χ2v) is 3.72. The molecule has 0 aliphatic carbocycles. The number of hydrogen-bond donors (Lipinski definition) is 2. The largest absolute Gasteiger partial charge is 0.480 e. The molecule has 1 rings (SSSR count). The standard InChI is InChI=1S/C10H15N3O5/c1-17-6-8-2-7(12-18-8)3-13(4-9(11)14)5-10(15)16/h2H,3-6H2,1H3,(H2,11,14)(H,15,16). The van der Waals surface area contributed by atoms with Crippen LogP contribution in [0.25, 0.3) is 0 Å². The quantitative estimate of drug-likeness (QED) is 0.625. The molecule has 100 valence electrons. The predicted molar refractivity (Wildman–Crippen MR) is 59.3 cm³/mol. The Hall–Kier alpha value is -1.93. The summed E-state index contributed by atoms with van der Waals surface area (Å²) in [5, 5.41) is 12.5. The van der Waals surface area contributed by atoms with E-state index in [2.05, 4.69) is 5.16 Å². The van der Waals surface area contributed by atoms with Gasteiger partial charge in [0.15, 0.2) is 5.76 Å². The molecule has 0 saturated heterocycles. The number of methoxy groups -OCH3 is 1. The molecular formula is C10H15N3O5. The molecule has 1 aromatic rings. The number of carbonyl (C=O) groups is 2. The molecule has 8 heteroatoms. The number of primary amides is 1. The predicted octanol–water partition coefficient (Wildman–Crippen LogP) is -0.807. The van der Waals surface area contributed by atoms with Crippen LogP contribution in [0.2, 0.25) is 0 Å². The third-order valence-electron chi connectivity index (χ3n) is 2.02. The molecule has 0 bridgehead atoms. The summed E-state index contributed by atoms with van der Waals surface area (Å²) in [6, 6.07) is 1.64. The molecule has 0 saturated carbocycles. The van der Waals surface area contributed by atoms with E-state index in [4.69, 9.17) is 20.1 Å². The zero-order valence-electron chi connectivity index (χ0n) is 9.96. The maximum atomic E-state index is 10.8. The van der Waals surface area contributed by atoms with Crippen molar-refractivity contribution in [3.63, 3.8) is 0 Å². The maximum Gasteiger partial charge on any atom is 0.317 e. The highest BCUT2D eigenvalue weighted by atomic mass is 16.5. The van der Waals surface area contributed by atoms with Gasteiger partial charge in [-0.3, -0.25) is 14.5 Å². The second kappa shape index (κ2) is 6.72. The number of carbonyl (C=O) groups excluding carboxylic acids is 1. The number of rotatable bonds is 8. The normalized spacial score (nSPS) is 10.8. The minimum atomic E-state index is -1.04. The number of carboxylic acids is 1. The summed E-state index contributed by atoms with van der Waals surface area (Å²) in [6.45, 7) is -0.00160. The Morgan fingerprint density at radius 3 is 2.83 bits per heavy atom. The summed E-state index contributed by atoms with van der Waals surface area (Å²) in [5.74, 6) is -1.12. The van der Waals surface area contributed by atoms with E-state index in [1.807, 2.05) is 0 Å². The number of aromatic nitrogens is 1. The van der Waals surface area contributed by atoms with Crippen LogP contribution < -0.4 is 5.73 Å². The summed E-state index contributed by atoms with van der Waals surface area (Å²) >= 11 is 0. The number of amides is 1. The topological polar surface area (TPSA) is 119 Å². The van der Waals surface area contributed by atoms with Crippen molar-refractivity contribution in [2.45, 2.75) is 13.2 Å². The molecule has 1 amide bonds. The molecule has 8 nitrogen and oxygen atoms in total. The average molecular weight is 257 g/mol. The SMILES string of the molecule is COCc1cc(CN(CC(N)=O)CC(=O)O)no1. The van der Waals surface area contributed by atoms with Gasteiger partial charge in [-0.1, -0.05) is 5.16 Å². The first-order valence-corrected chi connectivity index (χ1v) is 5.17. The van der Waals surface area contributed by atoms with Gasteiger partial charge in [-0.05, 0) is 0 Å². The summed E-state index contributed by atoms with van der Waals surface area (Å²) in [4.78, 5) is 22.8. The Morgan fingerprint density at radius 2 is 2.28 bits per heavy atom. The lowest BCUT2D eigenvalue weighted by Crippen LogP contribution is -2.36. The minimum Gasteiger partial charge on any atom is -0.480 e. The molecule has 0 fully saturated rings. The van der Waals surface area contributed by atoms with Gasteiger partial charge in [-0.25, -0.2) is 0 Å². The highest BCUT2D eigenvalue weighted by Gasteiger charge is 2.15. The summed E-state index contributed by atoms with van der Waals surface area (Å²) in [5.41, 5.74) is 5.56. The molecule has 0 aliphatic rings. The monoisotopic (exact) mass is 257 g/mol. The Labute approximate surface area is 103 Å². The van der Waals surface area contributed by atoms with Crippen LogP contribution in [0.3, 0.4) is 0 Å². The average Bonchev–Trinajstić information content (AvgIpc) is 2.64. The number of carboxylic acid groups (broad SMARTS) is 1. The smallest absolute Gasteiger partial charge is 0.317 e. The highest BCUT2D eigenvalue weighted by molar-refractivity contribution is 5.77. The molecule has 0 atom stereocenters. The van der Waals surface area contributed by atoms with Crippen molar-refractivity contribution < 1.29 is 24.0 Å². The first-order chi connectivity index (χ1) is 8.51. The fraction of sp³-hybridized carbons (Fsp3) is 0.500. The molecule has 18 heavy (non-hydrogen) atoms. The van der Waals surface area contributed by atoms with Gasteiger partial charge < -0.3 is 20.1 Å². The number of nitrogens with zero attached hydrogens (tertiary/aromatic N) is 2. The summed E-state index contributed by atoms with van der Waals surface area (Å²) in [7, 11) is 1.52. The van der Waals surface area contributed by atoms with Crippen molar-refractivity contribution in [3.05, 3.63) is 17.5 Å². The fourth-order valence-electron chi connectivity index (χ4n) is 1.45. The van der Waals surface area contributed by atoms with Crippen LogP contribution in [-0.2, 0) is 27.5 Å². The van der Waals surface area contributed by atoms with Gasteiger partial charge in [-0.2, -0.15) is 0 Å². The molecule has 0 radical (unpaired) electrons. The van der Waals surface area contributed by atoms with Crippen LogP contribution in [0.4, 0.5) is 0 Å². The fourth-order valence-corrected chi connectivity index (χ4v) is 1.45. The number of hydrogen-bond acceptors (Lipinski definition) is 6. The zero-order chi connectivity index (χ0) is 13.5. The van der Waals surface area contributed by atoms with Crippen LogP contribution in [0.1, 0.15) is 11.5 Å². The Morgan fingerprint density at radius 1 is 1.56 bits per heavy atom. The lowest BCUT2D eigenvalue weighted by Gasteiger charge is -2.16. The van der Waals surface area contributed by atoms with Crippen LogP contribution in [0, 0.1) is 0 Å². The molecule has 0 spiro atoms. The van der Waals surface area contributed by atoms with Crippen LogP contribution in [0.15, 0.2) is 10.6 Å². The molecule has 0 aromatic carbocycles.